The minimum absolute atomic E-state index is 0.127. The first-order chi connectivity index (χ1) is 14.4. The van der Waals surface area contributed by atoms with Gasteiger partial charge in [-0.15, -0.1) is 0 Å². The maximum absolute atomic E-state index is 12.4. The van der Waals surface area contributed by atoms with Gasteiger partial charge < -0.3 is 9.26 Å². The van der Waals surface area contributed by atoms with Crippen LogP contribution in [0.5, 0.6) is 5.75 Å². The zero-order valence-corrected chi connectivity index (χ0v) is 18.4. The van der Waals surface area contributed by atoms with Crippen molar-refractivity contribution in [1.82, 2.24) is 5.16 Å². The average Bonchev–Trinajstić information content (AvgIpc) is 3.23. The molecule has 0 aliphatic rings. The van der Waals surface area contributed by atoms with Crippen molar-refractivity contribution in [3.05, 3.63) is 60.2 Å². The summed E-state index contributed by atoms with van der Waals surface area (Å²) in [6.07, 6.45) is 4.78. The Morgan fingerprint density at radius 3 is 2.23 bits per heavy atom. The molecule has 4 nitrogen and oxygen atoms in total. The van der Waals surface area contributed by atoms with Crippen molar-refractivity contribution in [2.45, 2.75) is 53.4 Å². The third-order valence-electron chi connectivity index (χ3n) is 5.04. The number of Topliss-reactive ketones (excluding diaryl/α,β-unsaturated/α-hetero) is 1. The maximum Gasteiger partial charge on any atom is 0.168 e. The highest BCUT2D eigenvalue weighted by Gasteiger charge is 2.22. The lowest BCUT2D eigenvalue weighted by Gasteiger charge is -2.16. The number of hydrogen-bond donors (Lipinski definition) is 0. The number of nitrogens with zero attached hydrogens (tertiary/aromatic N) is 1. The van der Waals surface area contributed by atoms with E-state index in [1.807, 2.05) is 75.4 Å². The molecule has 30 heavy (non-hydrogen) atoms. The predicted molar refractivity (Wildman–Crippen MR) is 121 cm³/mol. The minimum Gasteiger partial charge on any atom is -0.494 e. The summed E-state index contributed by atoms with van der Waals surface area (Å²) in [7, 11) is 0. The Hall–Kier alpha value is -2.88. The van der Waals surface area contributed by atoms with Gasteiger partial charge in [0.25, 0.3) is 0 Å². The third kappa shape index (κ3) is 5.59. The van der Waals surface area contributed by atoms with E-state index in [4.69, 9.17) is 9.26 Å². The molecule has 0 N–H and O–H groups in total. The molecule has 3 rings (SSSR count). The first-order valence-corrected chi connectivity index (χ1v) is 10.7. The zero-order chi connectivity index (χ0) is 21.6. The summed E-state index contributed by atoms with van der Waals surface area (Å²) in [5, 5.41) is 4.20. The van der Waals surface area contributed by atoms with E-state index in [0.29, 0.717) is 11.3 Å². The summed E-state index contributed by atoms with van der Waals surface area (Å²) in [6, 6.07) is 17.3. The summed E-state index contributed by atoms with van der Waals surface area (Å²) in [6.45, 7) is 8.73. The molecular weight excluding hydrogens is 374 g/mol. The smallest absolute Gasteiger partial charge is 0.168 e. The fourth-order valence-electron chi connectivity index (χ4n) is 3.21. The summed E-state index contributed by atoms with van der Waals surface area (Å²) >= 11 is 0. The number of carbonyl (C=O) groups excluding carboxylic acids is 1. The summed E-state index contributed by atoms with van der Waals surface area (Å²) < 4.78 is 11.3. The van der Waals surface area contributed by atoms with E-state index in [0.717, 1.165) is 35.6 Å². The lowest BCUT2D eigenvalue weighted by atomic mass is 9.86. The van der Waals surface area contributed by atoms with Crippen molar-refractivity contribution >= 4 is 5.78 Å². The Morgan fingerprint density at radius 1 is 0.933 bits per heavy atom. The number of carbonyl (C=O) groups is 1. The first-order valence-electron chi connectivity index (χ1n) is 10.7. The van der Waals surface area contributed by atoms with Gasteiger partial charge in [0.1, 0.15) is 11.4 Å². The van der Waals surface area contributed by atoms with Gasteiger partial charge in [-0.05, 0) is 30.7 Å². The van der Waals surface area contributed by atoms with Crippen LogP contribution < -0.4 is 4.74 Å². The van der Waals surface area contributed by atoms with E-state index in [9.17, 15) is 4.79 Å². The molecule has 3 aromatic rings. The van der Waals surface area contributed by atoms with Crippen LogP contribution in [0.2, 0.25) is 0 Å². The van der Waals surface area contributed by atoms with Crippen LogP contribution in [0.25, 0.3) is 22.6 Å². The van der Waals surface area contributed by atoms with Crippen molar-refractivity contribution in [3.8, 4) is 28.3 Å². The maximum atomic E-state index is 12.4. The topological polar surface area (TPSA) is 52.3 Å². The Kier molecular flexibility index (Phi) is 7.09. The standard InChI is InChI=1S/C26H31NO3/c1-5-6-7-8-17-29-22-15-13-20(14-16-22)24-18-23(27-30-24)19-9-11-21(12-10-19)25(28)26(2,3)4/h9-16,18H,5-8,17H2,1-4H3. The predicted octanol–water partition coefficient (Wildman–Crippen LogP) is 7.20. The van der Waals surface area contributed by atoms with Crippen LogP contribution in [0.4, 0.5) is 0 Å². The van der Waals surface area contributed by atoms with Crippen LogP contribution in [0.1, 0.15) is 63.7 Å². The molecule has 0 saturated carbocycles. The zero-order valence-electron chi connectivity index (χ0n) is 18.4. The number of hydrogen-bond acceptors (Lipinski definition) is 4. The van der Waals surface area contributed by atoms with E-state index >= 15 is 0 Å². The second-order valence-electron chi connectivity index (χ2n) is 8.67. The molecule has 0 atom stereocenters. The second kappa shape index (κ2) is 9.75. The number of unbranched alkanes of at least 4 members (excludes halogenated alkanes) is 3. The molecule has 0 saturated heterocycles. The van der Waals surface area contributed by atoms with Crippen molar-refractivity contribution < 1.29 is 14.1 Å². The van der Waals surface area contributed by atoms with Gasteiger partial charge >= 0.3 is 0 Å². The third-order valence-corrected chi connectivity index (χ3v) is 5.04. The summed E-state index contributed by atoms with van der Waals surface area (Å²) in [5.74, 6) is 1.70. The Bertz CT molecular complexity index is 947. The van der Waals surface area contributed by atoms with Crippen LogP contribution >= 0.6 is 0 Å². The SMILES string of the molecule is CCCCCCOc1ccc(-c2cc(-c3ccc(C(=O)C(C)(C)C)cc3)no2)cc1. The van der Waals surface area contributed by atoms with Gasteiger partial charge in [0.05, 0.1) is 6.61 Å². The Balaban J connectivity index is 1.64. The van der Waals surface area contributed by atoms with E-state index in [2.05, 4.69) is 12.1 Å². The van der Waals surface area contributed by atoms with Gasteiger partial charge in [0.15, 0.2) is 11.5 Å². The molecule has 2 aromatic carbocycles. The van der Waals surface area contributed by atoms with Crippen LogP contribution in [0, 0.1) is 5.41 Å². The number of rotatable bonds is 9. The largest absolute Gasteiger partial charge is 0.494 e. The molecule has 0 bridgehead atoms. The number of benzene rings is 2. The molecule has 1 heterocycles. The van der Waals surface area contributed by atoms with Crippen LogP contribution in [0.15, 0.2) is 59.1 Å². The van der Waals surface area contributed by atoms with Gasteiger partial charge in [-0.3, -0.25) is 4.79 Å². The highest BCUT2D eigenvalue weighted by molar-refractivity contribution is 6.00. The first kappa shape index (κ1) is 21.8. The van der Waals surface area contributed by atoms with Crippen LogP contribution in [-0.4, -0.2) is 17.5 Å². The van der Waals surface area contributed by atoms with E-state index in [-0.39, 0.29) is 5.78 Å². The fourth-order valence-corrected chi connectivity index (χ4v) is 3.21. The highest BCUT2D eigenvalue weighted by atomic mass is 16.5. The molecule has 158 valence electrons. The molecule has 0 spiro atoms. The average molecular weight is 406 g/mol. The lowest BCUT2D eigenvalue weighted by molar-refractivity contribution is 0.0858. The van der Waals surface area contributed by atoms with Gasteiger partial charge in [-0.25, -0.2) is 0 Å². The normalized spacial score (nSPS) is 11.5. The van der Waals surface area contributed by atoms with Gasteiger partial charge in [-0.1, -0.05) is 76.4 Å². The van der Waals surface area contributed by atoms with Gasteiger partial charge in [0.2, 0.25) is 0 Å². The molecule has 0 aliphatic heterocycles. The van der Waals surface area contributed by atoms with E-state index in [1.165, 1.54) is 19.3 Å². The molecule has 1 aromatic heterocycles. The van der Waals surface area contributed by atoms with E-state index in [1.54, 1.807) is 0 Å². The van der Waals surface area contributed by atoms with Crippen molar-refractivity contribution in [2.75, 3.05) is 6.61 Å². The van der Waals surface area contributed by atoms with Crippen molar-refractivity contribution in [1.29, 1.82) is 0 Å². The quantitative estimate of drug-likeness (QED) is 0.279. The summed E-state index contributed by atoms with van der Waals surface area (Å²) in [5.41, 5.74) is 2.93. The highest BCUT2D eigenvalue weighted by Crippen LogP contribution is 2.28. The second-order valence-corrected chi connectivity index (χ2v) is 8.67. The minimum atomic E-state index is -0.395. The molecule has 4 heteroatoms. The van der Waals surface area contributed by atoms with Crippen LogP contribution in [-0.2, 0) is 0 Å². The van der Waals surface area contributed by atoms with Crippen molar-refractivity contribution in [3.63, 3.8) is 0 Å². The van der Waals surface area contributed by atoms with Gasteiger partial charge in [-0.2, -0.15) is 0 Å². The molecule has 0 amide bonds. The monoisotopic (exact) mass is 405 g/mol. The van der Waals surface area contributed by atoms with Gasteiger partial charge in [0, 0.05) is 28.2 Å². The molecule has 0 unspecified atom stereocenters. The molecule has 0 fully saturated rings. The van der Waals surface area contributed by atoms with Crippen LogP contribution in [0.3, 0.4) is 0 Å². The fraction of sp³-hybridized carbons (Fsp3) is 0.385. The molecular formula is C26H31NO3. The Morgan fingerprint density at radius 2 is 1.60 bits per heavy atom. The number of ketones is 1. The van der Waals surface area contributed by atoms with E-state index < -0.39 is 5.41 Å². The number of aromatic nitrogens is 1. The number of ether oxygens (including phenoxy) is 1. The molecule has 0 radical (unpaired) electrons. The van der Waals surface area contributed by atoms with Crippen molar-refractivity contribution in [2.24, 2.45) is 5.41 Å². The molecule has 0 aliphatic carbocycles. The summed E-state index contributed by atoms with van der Waals surface area (Å²) in [4.78, 5) is 12.4. The Labute approximate surface area is 179 Å². The lowest BCUT2D eigenvalue weighted by Crippen LogP contribution is -2.19.